The maximum Gasteiger partial charge on any atom is 0.453 e. The minimum Gasteiger partial charge on any atom is -0.497 e. The minimum atomic E-state index is -4.72. The molecule has 10 heteroatoms. The molecule has 0 saturated heterocycles. The SMILES string of the molecule is COc1ccc(-c2nc(C(F)(F)F)nn2-c2ccc(S(C)(=O)=O)cc2)cc1. The van der Waals surface area contributed by atoms with E-state index in [-0.39, 0.29) is 16.4 Å². The lowest BCUT2D eigenvalue weighted by Gasteiger charge is -2.07. The number of methoxy groups -OCH3 is 1. The van der Waals surface area contributed by atoms with E-state index < -0.39 is 21.8 Å². The lowest BCUT2D eigenvalue weighted by molar-refractivity contribution is -0.144. The molecule has 0 aliphatic heterocycles. The lowest BCUT2D eigenvalue weighted by atomic mass is 10.2. The highest BCUT2D eigenvalue weighted by molar-refractivity contribution is 7.90. The molecule has 0 N–H and O–H groups in total. The Kier molecular flexibility index (Phi) is 4.68. The van der Waals surface area contributed by atoms with Gasteiger partial charge in [-0.2, -0.15) is 13.2 Å². The van der Waals surface area contributed by atoms with Crippen LogP contribution in [0.15, 0.2) is 53.4 Å². The van der Waals surface area contributed by atoms with Crippen molar-refractivity contribution in [2.24, 2.45) is 0 Å². The fraction of sp³-hybridized carbons (Fsp3) is 0.176. The Bertz CT molecular complexity index is 1060. The molecule has 27 heavy (non-hydrogen) atoms. The Balaban J connectivity index is 2.14. The summed E-state index contributed by atoms with van der Waals surface area (Å²) in [6.07, 6.45) is -3.68. The molecule has 1 aromatic heterocycles. The summed E-state index contributed by atoms with van der Waals surface area (Å²) >= 11 is 0. The van der Waals surface area contributed by atoms with Gasteiger partial charge in [-0.15, -0.1) is 5.10 Å². The standard InChI is InChI=1S/C17H14F3N3O3S/c1-26-13-7-3-11(4-8-13)15-21-16(17(18,19)20)22-23(15)12-5-9-14(10-6-12)27(2,24)25/h3-10H,1-2H3. The van der Waals surface area contributed by atoms with Crippen LogP contribution < -0.4 is 4.74 Å². The Morgan fingerprint density at radius 2 is 1.59 bits per heavy atom. The second-order valence-electron chi connectivity index (χ2n) is 5.66. The molecule has 3 aromatic rings. The van der Waals surface area contributed by atoms with Crippen LogP contribution in [0.25, 0.3) is 17.1 Å². The van der Waals surface area contributed by atoms with Crippen LogP contribution in [-0.4, -0.2) is 36.5 Å². The van der Waals surface area contributed by atoms with Gasteiger partial charge in [0.25, 0.3) is 5.82 Å². The molecule has 0 fully saturated rings. The van der Waals surface area contributed by atoms with Crippen molar-refractivity contribution < 1.29 is 26.3 Å². The molecule has 2 aromatic carbocycles. The molecule has 142 valence electrons. The quantitative estimate of drug-likeness (QED) is 0.675. The summed E-state index contributed by atoms with van der Waals surface area (Å²) in [7, 11) is -1.95. The number of halogens is 3. The van der Waals surface area contributed by atoms with Gasteiger partial charge in [0.2, 0.25) is 0 Å². The highest BCUT2D eigenvalue weighted by Crippen LogP contribution is 2.31. The number of hydrogen-bond acceptors (Lipinski definition) is 5. The Labute approximate surface area is 153 Å². The van der Waals surface area contributed by atoms with Crippen molar-refractivity contribution in [1.82, 2.24) is 14.8 Å². The molecule has 3 rings (SSSR count). The largest absolute Gasteiger partial charge is 0.497 e. The maximum absolute atomic E-state index is 13.1. The van der Waals surface area contributed by atoms with Crippen LogP contribution in [0.2, 0.25) is 0 Å². The van der Waals surface area contributed by atoms with E-state index in [1.807, 2.05) is 0 Å². The van der Waals surface area contributed by atoms with E-state index in [1.165, 1.54) is 31.4 Å². The maximum atomic E-state index is 13.1. The van der Waals surface area contributed by atoms with E-state index in [1.54, 1.807) is 24.3 Å². The zero-order valence-corrected chi connectivity index (χ0v) is 15.0. The van der Waals surface area contributed by atoms with Crippen molar-refractivity contribution in [2.45, 2.75) is 11.1 Å². The molecular formula is C17H14F3N3O3S. The summed E-state index contributed by atoms with van der Waals surface area (Å²) in [5.74, 6) is -0.782. The summed E-state index contributed by atoms with van der Waals surface area (Å²) in [5, 5.41) is 3.56. The van der Waals surface area contributed by atoms with Gasteiger partial charge < -0.3 is 4.74 Å². The zero-order valence-electron chi connectivity index (χ0n) is 14.2. The van der Waals surface area contributed by atoms with Crippen LogP contribution in [0, 0.1) is 0 Å². The first-order valence-corrected chi connectivity index (χ1v) is 9.48. The average Bonchev–Trinajstić information content (AvgIpc) is 3.07. The predicted molar refractivity (Wildman–Crippen MR) is 91.5 cm³/mol. The van der Waals surface area contributed by atoms with Crippen molar-refractivity contribution in [2.75, 3.05) is 13.4 Å². The summed E-state index contributed by atoms with van der Waals surface area (Å²) in [5.41, 5.74) is 0.641. The van der Waals surface area contributed by atoms with Crippen LogP contribution in [0.4, 0.5) is 13.2 Å². The molecule has 6 nitrogen and oxygen atoms in total. The summed E-state index contributed by atoms with van der Waals surface area (Å²) in [6.45, 7) is 0. The van der Waals surface area contributed by atoms with E-state index in [9.17, 15) is 21.6 Å². The fourth-order valence-electron chi connectivity index (χ4n) is 2.37. The van der Waals surface area contributed by atoms with E-state index >= 15 is 0 Å². The van der Waals surface area contributed by atoms with Crippen LogP contribution >= 0.6 is 0 Å². The smallest absolute Gasteiger partial charge is 0.453 e. The Morgan fingerprint density at radius 1 is 1.00 bits per heavy atom. The van der Waals surface area contributed by atoms with Gasteiger partial charge in [0, 0.05) is 11.8 Å². The molecule has 0 radical (unpaired) electrons. The summed E-state index contributed by atoms with van der Waals surface area (Å²) < 4.78 is 68.6. The van der Waals surface area contributed by atoms with Gasteiger partial charge in [0.15, 0.2) is 15.7 Å². The van der Waals surface area contributed by atoms with Gasteiger partial charge in [0.05, 0.1) is 17.7 Å². The third-order valence-electron chi connectivity index (χ3n) is 3.72. The van der Waals surface area contributed by atoms with Crippen molar-refractivity contribution in [1.29, 1.82) is 0 Å². The van der Waals surface area contributed by atoms with Crippen molar-refractivity contribution in [3.63, 3.8) is 0 Å². The zero-order chi connectivity index (χ0) is 19.8. The molecular weight excluding hydrogens is 383 g/mol. The number of alkyl halides is 3. The first-order chi connectivity index (χ1) is 12.6. The second-order valence-corrected chi connectivity index (χ2v) is 7.68. The van der Waals surface area contributed by atoms with Crippen LogP contribution in [-0.2, 0) is 16.0 Å². The third-order valence-corrected chi connectivity index (χ3v) is 4.85. The molecule has 0 amide bonds. The number of aromatic nitrogens is 3. The van der Waals surface area contributed by atoms with Gasteiger partial charge in [-0.1, -0.05) is 0 Å². The second kappa shape index (κ2) is 6.69. The van der Waals surface area contributed by atoms with Gasteiger partial charge in [0.1, 0.15) is 5.75 Å². The van der Waals surface area contributed by atoms with Gasteiger partial charge in [-0.3, -0.25) is 0 Å². The molecule has 0 unspecified atom stereocenters. The van der Waals surface area contributed by atoms with E-state index in [4.69, 9.17) is 4.74 Å². The van der Waals surface area contributed by atoms with Gasteiger partial charge in [-0.05, 0) is 48.5 Å². The molecule has 0 atom stereocenters. The molecule has 0 spiro atoms. The monoisotopic (exact) mass is 397 g/mol. The average molecular weight is 397 g/mol. The number of ether oxygens (including phenoxy) is 1. The predicted octanol–water partition coefficient (Wildman–Crippen LogP) is 3.37. The first-order valence-electron chi connectivity index (χ1n) is 7.59. The van der Waals surface area contributed by atoms with E-state index in [0.717, 1.165) is 10.9 Å². The summed E-state index contributed by atoms with van der Waals surface area (Å²) in [6, 6.07) is 11.7. The van der Waals surface area contributed by atoms with Gasteiger partial charge >= 0.3 is 6.18 Å². The molecule has 1 heterocycles. The van der Waals surface area contributed by atoms with Crippen molar-refractivity contribution in [3.8, 4) is 22.8 Å². The number of sulfone groups is 1. The molecule has 0 aliphatic rings. The molecule has 0 bridgehead atoms. The number of rotatable bonds is 4. The highest BCUT2D eigenvalue weighted by atomic mass is 32.2. The lowest BCUT2D eigenvalue weighted by Crippen LogP contribution is -2.08. The highest BCUT2D eigenvalue weighted by Gasteiger charge is 2.37. The third kappa shape index (κ3) is 3.95. The Morgan fingerprint density at radius 3 is 2.07 bits per heavy atom. The topological polar surface area (TPSA) is 74.1 Å². The van der Waals surface area contributed by atoms with Crippen LogP contribution in [0.3, 0.4) is 0 Å². The van der Waals surface area contributed by atoms with Gasteiger partial charge in [-0.25, -0.2) is 18.1 Å². The normalized spacial score (nSPS) is 12.2. The molecule has 0 saturated carbocycles. The first kappa shape index (κ1) is 18.9. The van der Waals surface area contributed by atoms with E-state index in [0.29, 0.717) is 11.3 Å². The fourth-order valence-corrected chi connectivity index (χ4v) is 3.00. The number of benzene rings is 2. The number of nitrogens with zero attached hydrogens (tertiary/aromatic N) is 3. The van der Waals surface area contributed by atoms with Crippen molar-refractivity contribution >= 4 is 9.84 Å². The summed E-state index contributed by atoms with van der Waals surface area (Å²) in [4.78, 5) is 3.67. The van der Waals surface area contributed by atoms with Crippen LogP contribution in [0.5, 0.6) is 5.75 Å². The van der Waals surface area contributed by atoms with Crippen LogP contribution in [0.1, 0.15) is 5.82 Å². The molecule has 0 aliphatic carbocycles. The minimum absolute atomic E-state index is 0.0305. The number of hydrogen-bond donors (Lipinski definition) is 0. The van der Waals surface area contributed by atoms with Crippen molar-refractivity contribution in [3.05, 3.63) is 54.4 Å². The van der Waals surface area contributed by atoms with E-state index in [2.05, 4.69) is 10.1 Å². The Hall–Kier alpha value is -2.88.